The van der Waals surface area contributed by atoms with Gasteiger partial charge in [0.25, 0.3) is 0 Å². The van der Waals surface area contributed by atoms with Crippen molar-refractivity contribution in [1.29, 1.82) is 5.26 Å². The molecule has 1 fully saturated rings. The minimum absolute atomic E-state index is 0.0419. The van der Waals surface area contributed by atoms with Crippen LogP contribution >= 0.6 is 0 Å². The highest BCUT2D eigenvalue weighted by atomic mass is 16.6. The summed E-state index contributed by atoms with van der Waals surface area (Å²) < 4.78 is 10.6. The molecule has 0 radical (unpaired) electrons. The third kappa shape index (κ3) is 8.41. The highest BCUT2D eigenvalue weighted by Gasteiger charge is 2.25. The number of carbonyl (C=O) groups is 2. The van der Waals surface area contributed by atoms with Gasteiger partial charge in [-0.15, -0.1) is 0 Å². The number of rotatable bonds is 7. The second-order valence-corrected chi connectivity index (χ2v) is 6.63. The molecule has 2 atom stereocenters. The molecule has 0 aromatic rings. The van der Waals surface area contributed by atoms with Crippen molar-refractivity contribution in [2.75, 3.05) is 13.2 Å². The number of carbonyl (C=O) groups excluding carboxylic acids is 2. The lowest BCUT2D eigenvalue weighted by Crippen LogP contribution is -2.49. The Hall–Kier alpha value is -1.81. The van der Waals surface area contributed by atoms with Crippen LogP contribution in [0.1, 0.15) is 52.9 Å². The molecule has 2 N–H and O–H groups in total. The first kappa shape index (κ1) is 19.2. The van der Waals surface area contributed by atoms with Crippen LogP contribution < -0.4 is 10.6 Å². The molecule has 0 aromatic heterocycles. The van der Waals surface area contributed by atoms with Crippen molar-refractivity contribution >= 4 is 12.0 Å². The van der Waals surface area contributed by atoms with Gasteiger partial charge in [-0.2, -0.15) is 5.26 Å². The van der Waals surface area contributed by atoms with Gasteiger partial charge in [-0.05, 0) is 46.5 Å². The van der Waals surface area contributed by atoms with Crippen LogP contribution in [0, 0.1) is 11.3 Å². The van der Waals surface area contributed by atoms with Gasteiger partial charge >= 0.3 is 6.09 Å². The zero-order chi connectivity index (χ0) is 17.3. The molecule has 7 heteroatoms. The van der Waals surface area contributed by atoms with E-state index in [1.165, 1.54) is 0 Å². The third-order valence-corrected chi connectivity index (χ3v) is 3.32. The lowest BCUT2D eigenvalue weighted by molar-refractivity contribution is -0.123. The van der Waals surface area contributed by atoms with Crippen LogP contribution in [0.3, 0.4) is 0 Å². The number of hydrogen-bond donors (Lipinski definition) is 2. The summed E-state index contributed by atoms with van der Waals surface area (Å²) in [6, 6.07) is 1.33. The fourth-order valence-corrected chi connectivity index (χ4v) is 2.25. The quantitative estimate of drug-likeness (QED) is 0.696. The van der Waals surface area contributed by atoms with Crippen molar-refractivity contribution in [1.82, 2.24) is 10.6 Å². The molecule has 0 saturated carbocycles. The maximum atomic E-state index is 12.3. The van der Waals surface area contributed by atoms with E-state index in [2.05, 4.69) is 10.6 Å². The molecule has 1 saturated heterocycles. The van der Waals surface area contributed by atoms with Gasteiger partial charge in [-0.25, -0.2) is 4.79 Å². The Morgan fingerprint density at radius 3 is 2.74 bits per heavy atom. The van der Waals surface area contributed by atoms with Crippen molar-refractivity contribution in [2.24, 2.45) is 0 Å². The minimum atomic E-state index is -0.709. The highest BCUT2D eigenvalue weighted by Crippen LogP contribution is 2.11. The molecule has 0 aromatic carbocycles. The van der Waals surface area contributed by atoms with Crippen LogP contribution in [0.5, 0.6) is 0 Å². The summed E-state index contributed by atoms with van der Waals surface area (Å²) in [5, 5.41) is 14.0. The second-order valence-electron chi connectivity index (χ2n) is 6.63. The fourth-order valence-electron chi connectivity index (χ4n) is 2.25. The average Bonchev–Trinajstić information content (AvgIpc) is 2.95. The zero-order valence-electron chi connectivity index (χ0n) is 14.2. The lowest BCUT2D eigenvalue weighted by Gasteiger charge is -2.23. The molecule has 1 rings (SSSR count). The van der Waals surface area contributed by atoms with Crippen LogP contribution in [-0.2, 0) is 14.3 Å². The van der Waals surface area contributed by atoms with Crippen molar-refractivity contribution in [3.63, 3.8) is 0 Å². The summed E-state index contributed by atoms with van der Waals surface area (Å²) in [5.41, 5.74) is -0.630. The topological polar surface area (TPSA) is 100 Å². The molecular formula is C16H27N3O4. The van der Waals surface area contributed by atoms with E-state index in [1.807, 2.05) is 6.07 Å². The molecule has 0 aliphatic carbocycles. The molecule has 0 bridgehead atoms. The SMILES string of the molecule is CC(C)(C)OC(=O)NC(CCCC#N)C(=O)NCC1CCCO1. The van der Waals surface area contributed by atoms with Gasteiger partial charge in [0.05, 0.1) is 12.2 Å². The minimum Gasteiger partial charge on any atom is -0.444 e. The fraction of sp³-hybridized carbons (Fsp3) is 0.812. The summed E-state index contributed by atoms with van der Waals surface area (Å²) >= 11 is 0. The Kier molecular flexibility index (Phi) is 7.83. The van der Waals surface area contributed by atoms with Crippen molar-refractivity contribution < 1.29 is 19.1 Å². The summed E-state index contributed by atoms with van der Waals surface area (Å²) in [6.45, 7) is 6.43. The predicted octanol–water partition coefficient (Wildman–Crippen LogP) is 1.87. The van der Waals surface area contributed by atoms with Gasteiger partial charge in [0.2, 0.25) is 5.91 Å². The van der Waals surface area contributed by atoms with Gasteiger partial charge in [0, 0.05) is 19.6 Å². The number of nitrogens with one attached hydrogen (secondary N) is 2. The summed E-state index contributed by atoms with van der Waals surface area (Å²) in [7, 11) is 0. The molecule has 130 valence electrons. The van der Waals surface area contributed by atoms with Gasteiger partial charge in [-0.3, -0.25) is 4.79 Å². The van der Waals surface area contributed by atoms with Crippen molar-refractivity contribution in [3.05, 3.63) is 0 Å². The molecule has 1 aliphatic rings. The van der Waals surface area contributed by atoms with E-state index in [-0.39, 0.29) is 12.0 Å². The van der Waals surface area contributed by atoms with Crippen LogP contribution in [0.25, 0.3) is 0 Å². The number of ether oxygens (including phenoxy) is 2. The predicted molar refractivity (Wildman–Crippen MR) is 84.6 cm³/mol. The number of nitrogens with zero attached hydrogens (tertiary/aromatic N) is 1. The first-order valence-corrected chi connectivity index (χ1v) is 8.07. The molecule has 7 nitrogen and oxygen atoms in total. The Balaban J connectivity index is 2.50. The maximum Gasteiger partial charge on any atom is 0.408 e. The summed E-state index contributed by atoms with van der Waals surface area (Å²) in [4.78, 5) is 24.1. The van der Waals surface area contributed by atoms with Crippen molar-refractivity contribution in [2.45, 2.75) is 70.6 Å². The van der Waals surface area contributed by atoms with Crippen LogP contribution in [0.4, 0.5) is 4.79 Å². The molecule has 1 aliphatic heterocycles. The Morgan fingerprint density at radius 2 is 2.17 bits per heavy atom. The Morgan fingerprint density at radius 1 is 1.43 bits per heavy atom. The molecule has 2 amide bonds. The highest BCUT2D eigenvalue weighted by molar-refractivity contribution is 5.85. The largest absolute Gasteiger partial charge is 0.444 e. The van der Waals surface area contributed by atoms with Gasteiger partial charge in [0.15, 0.2) is 0 Å². The van der Waals surface area contributed by atoms with Crippen LogP contribution in [-0.4, -0.2) is 42.9 Å². The zero-order valence-corrected chi connectivity index (χ0v) is 14.2. The number of nitriles is 1. The maximum absolute atomic E-state index is 12.3. The van der Waals surface area contributed by atoms with Gasteiger partial charge in [0.1, 0.15) is 11.6 Å². The lowest BCUT2D eigenvalue weighted by atomic mass is 10.1. The Bertz CT molecular complexity index is 434. The van der Waals surface area contributed by atoms with Crippen molar-refractivity contribution in [3.8, 4) is 6.07 Å². The van der Waals surface area contributed by atoms with E-state index in [1.54, 1.807) is 20.8 Å². The second kappa shape index (κ2) is 9.36. The standard InChI is InChI=1S/C16H27N3O4/c1-16(2,3)23-15(21)19-13(8-4-5-9-17)14(20)18-11-12-7-6-10-22-12/h12-13H,4-8,10-11H2,1-3H3,(H,18,20)(H,19,21). The monoisotopic (exact) mass is 325 g/mol. The molecule has 2 unspecified atom stereocenters. The first-order chi connectivity index (χ1) is 10.8. The molecule has 23 heavy (non-hydrogen) atoms. The van der Waals surface area contributed by atoms with Gasteiger partial charge in [-0.1, -0.05) is 0 Å². The third-order valence-electron chi connectivity index (χ3n) is 3.32. The van der Waals surface area contributed by atoms with E-state index in [0.29, 0.717) is 25.8 Å². The van der Waals surface area contributed by atoms with E-state index in [0.717, 1.165) is 19.4 Å². The van der Waals surface area contributed by atoms with E-state index in [9.17, 15) is 9.59 Å². The van der Waals surface area contributed by atoms with Crippen LogP contribution in [0.2, 0.25) is 0 Å². The number of hydrogen-bond acceptors (Lipinski definition) is 5. The number of alkyl carbamates (subject to hydrolysis) is 1. The smallest absolute Gasteiger partial charge is 0.408 e. The molecule has 1 heterocycles. The van der Waals surface area contributed by atoms with E-state index < -0.39 is 17.7 Å². The van der Waals surface area contributed by atoms with Gasteiger partial charge < -0.3 is 20.1 Å². The summed E-state index contributed by atoms with van der Waals surface area (Å²) in [6.07, 6.45) is 2.60. The van der Waals surface area contributed by atoms with E-state index in [4.69, 9.17) is 14.7 Å². The summed E-state index contributed by atoms with van der Waals surface area (Å²) in [5.74, 6) is -0.274. The van der Waals surface area contributed by atoms with E-state index >= 15 is 0 Å². The molecular weight excluding hydrogens is 298 g/mol. The normalized spacial score (nSPS) is 18.8. The van der Waals surface area contributed by atoms with Crippen LogP contribution in [0.15, 0.2) is 0 Å². The Labute approximate surface area is 137 Å². The number of unbranched alkanes of at least 4 members (excludes halogenated alkanes) is 1. The molecule has 0 spiro atoms. The average molecular weight is 325 g/mol. The number of amides is 2. The first-order valence-electron chi connectivity index (χ1n) is 8.07.